The number of carbonyl (C=O) groups is 10. The largest absolute Gasteiger partial charge is 0.493 e. The molecule has 5 aliphatic heterocycles. The Bertz CT molecular complexity index is 6590. The fourth-order valence-corrected chi connectivity index (χ4v) is 19.7. The smallest absolute Gasteiger partial charge is 0.274 e. The summed E-state index contributed by atoms with van der Waals surface area (Å²) in [5.74, 6) is -3.90. The molecular weight excluding hydrogens is 1920 g/mol. The predicted molar refractivity (Wildman–Crippen MR) is 530 cm³/mol. The van der Waals surface area contributed by atoms with Gasteiger partial charge in [-0.25, -0.2) is 30.7 Å². The number of nitrogens with one attached hydrogen (secondary N) is 4. The number of aliphatic hydroxyl groups is 1. The highest BCUT2D eigenvalue weighted by molar-refractivity contribution is 6.39. The van der Waals surface area contributed by atoms with E-state index >= 15 is 0 Å². The summed E-state index contributed by atoms with van der Waals surface area (Å²) in [6, 6.07) is 54.2. The van der Waals surface area contributed by atoms with E-state index in [1.54, 1.807) is 115 Å². The fourth-order valence-electron chi connectivity index (χ4n) is 18.3. The van der Waals surface area contributed by atoms with Crippen molar-refractivity contribution >= 4 is 150 Å². The third-order valence-electron chi connectivity index (χ3n) is 26.3. The number of ether oxygens (including phenoxy) is 1. The second-order valence-corrected chi connectivity index (χ2v) is 38.6. The first-order chi connectivity index (χ1) is 66.7. The summed E-state index contributed by atoms with van der Waals surface area (Å²) in [5, 5.41) is 49.2. The van der Waals surface area contributed by atoms with Crippen LogP contribution in [0.25, 0.3) is 21.8 Å². The van der Waals surface area contributed by atoms with Crippen LogP contribution >= 0.6 is 69.6 Å². The number of carbonyl (C=O) groups excluding carboxylic acids is 10. The molecule has 17 rings (SSSR count). The number of Topliss-reactive ketones (excluding diaryl/α,β-unsaturated/α-hetero) is 1. The molecule has 732 valence electrons. The molecule has 0 saturated heterocycles. The maximum absolute atomic E-state index is 14.5. The molecule has 0 spiro atoms. The number of aryl methyl sites for hydroxylation is 3. The van der Waals surface area contributed by atoms with E-state index in [9.17, 15) is 61.8 Å². The zero-order valence-electron chi connectivity index (χ0n) is 78.2. The van der Waals surface area contributed by atoms with Crippen LogP contribution in [0.4, 0.5) is 8.78 Å². The summed E-state index contributed by atoms with van der Waals surface area (Å²) in [6.45, 7) is 17.3. The van der Waals surface area contributed by atoms with Crippen LogP contribution in [0.5, 0.6) is 5.75 Å². The van der Waals surface area contributed by atoms with Gasteiger partial charge in [-0.15, -0.1) is 0 Å². The van der Waals surface area contributed by atoms with Crippen molar-refractivity contribution in [3.8, 4) is 5.75 Å². The number of aliphatic hydroxyl groups excluding tert-OH is 1. The lowest BCUT2D eigenvalue weighted by molar-refractivity contribution is -0.138. The molecule has 7 heterocycles. The Morgan fingerprint density at radius 2 is 0.736 bits per heavy atom. The standard InChI is InChI=1S/C24H25ClN2O4.C21H19ClFN3O3.C20H20Cl2N2O3.C20H20ClFN2O3.C20H21ClN2O3/c1-3-31-21-12-16(20(29)14-28)11-15-7-6-10-27(13-18(15)21)24(30)23-22(25)17-8-4-5-9-19(17)26(23)2;1-25-17-5-3-2-4-15(17)18(22)19(25)21(28)26-8-6-12-10-13(20(27)24-29)11-16(23)14(12)7-9-26;2*1-20(2,14-3-5-15(21)6-4-14)19(26)24-8-7-12-9-13(18(25)23-27)10-17(22)16(12)11-24;1-20(2,16-5-7-17(21)8-6-16)19(25)23-10-9-13-11-14(18(24)22-26)3-4-15(13)12-23/h4-5,8-9,11-12,28H,3,6-7,10,13-14H2,1-2H3;2-5,10-11,29H,6-9H2,1H3,(H,24,27);2*3-6,9-10,27H,7-8,11H2,1-2H3,(H,23,25);3-8,11,26H,9-10,12H2,1-2H3,(H,22,24). The maximum Gasteiger partial charge on any atom is 0.274 e. The monoisotopic (exact) mass is 2020 g/mol. The van der Waals surface area contributed by atoms with E-state index in [-0.39, 0.29) is 53.0 Å². The van der Waals surface area contributed by atoms with Gasteiger partial charge in [-0.05, 0) is 264 Å². The van der Waals surface area contributed by atoms with E-state index in [0.717, 1.165) is 90.4 Å². The Balaban J connectivity index is 0.000000148. The number of halogens is 8. The summed E-state index contributed by atoms with van der Waals surface area (Å²) < 4.78 is 38.5. The molecule has 5 aliphatic rings. The van der Waals surface area contributed by atoms with E-state index in [2.05, 4.69) is 0 Å². The number of benzene rings is 10. The molecule has 10 aromatic carbocycles. The average molecular weight is 2030 g/mol. The molecule has 12 aromatic rings. The summed E-state index contributed by atoms with van der Waals surface area (Å²) in [5.41, 5.74) is 18.5. The van der Waals surface area contributed by atoms with Crippen molar-refractivity contribution in [3.05, 3.63) is 341 Å². The Kier molecular flexibility index (Phi) is 33.6. The van der Waals surface area contributed by atoms with Gasteiger partial charge in [0.1, 0.15) is 35.4 Å². The Labute approximate surface area is 837 Å². The van der Waals surface area contributed by atoms with Gasteiger partial charge in [-0.2, -0.15) is 0 Å². The van der Waals surface area contributed by atoms with Gasteiger partial charge in [0.25, 0.3) is 35.4 Å². The number of amides is 9. The first-order valence-electron chi connectivity index (χ1n) is 45.1. The molecule has 140 heavy (non-hydrogen) atoms. The molecule has 0 unspecified atom stereocenters. The molecule has 0 bridgehead atoms. The number of fused-ring (bicyclic) bond motifs is 7. The third kappa shape index (κ3) is 22.7. The molecule has 0 radical (unpaired) electrons. The number of rotatable bonds is 16. The van der Waals surface area contributed by atoms with Crippen molar-refractivity contribution < 1.29 is 87.4 Å². The highest BCUT2D eigenvalue weighted by Gasteiger charge is 2.41. The number of hydroxylamine groups is 4. The minimum Gasteiger partial charge on any atom is -0.493 e. The minimum atomic E-state index is -0.782. The molecule has 9 amide bonds. The van der Waals surface area contributed by atoms with Gasteiger partial charge in [0.15, 0.2) is 5.78 Å². The van der Waals surface area contributed by atoms with E-state index in [1.165, 1.54) is 17.0 Å². The molecular formula is C105H105Cl6F2N11O16. The van der Waals surface area contributed by atoms with E-state index in [0.29, 0.717) is 190 Å². The first kappa shape index (κ1) is 105. The lowest BCUT2D eigenvalue weighted by Gasteiger charge is -2.36. The predicted octanol–water partition coefficient (Wildman–Crippen LogP) is 18.1. The molecule has 9 N–H and O–H groups in total. The SMILES string of the molecule is CC(C)(C(=O)N1CCc2cc(C(=O)NO)cc(Cl)c2C1)c1ccc(Cl)cc1.CC(C)(C(=O)N1CCc2cc(C(=O)NO)cc(F)c2C1)c1ccc(Cl)cc1.CC(C)(C(=O)N1CCc2cc(C(=O)NO)ccc2C1)c1ccc(Cl)cc1.CCOc1cc(C(=O)CO)cc2c1CN(C(=O)c1c(Cl)c3ccccc3n1C)CCC2.Cn1c(C(=O)N2CCc3cc(C(=O)NO)cc(F)c3CC2)c(Cl)c2ccccc21. The van der Waals surface area contributed by atoms with Crippen LogP contribution in [0.1, 0.15) is 200 Å². The molecule has 2 aromatic heterocycles. The van der Waals surface area contributed by atoms with Gasteiger partial charge in [-0.1, -0.05) is 148 Å². The van der Waals surface area contributed by atoms with Crippen molar-refractivity contribution in [2.24, 2.45) is 14.1 Å². The number of ketones is 1. The van der Waals surface area contributed by atoms with Crippen LogP contribution < -0.4 is 26.7 Å². The number of hydrogen-bond donors (Lipinski definition) is 9. The van der Waals surface area contributed by atoms with Crippen LogP contribution in [0.3, 0.4) is 0 Å². The summed E-state index contributed by atoms with van der Waals surface area (Å²) >= 11 is 37.3. The summed E-state index contributed by atoms with van der Waals surface area (Å²) in [7, 11) is 3.65. The van der Waals surface area contributed by atoms with Crippen LogP contribution in [-0.2, 0) is 109 Å². The zero-order valence-corrected chi connectivity index (χ0v) is 82.7. The summed E-state index contributed by atoms with van der Waals surface area (Å²) in [4.78, 5) is 133. The lowest BCUT2D eigenvalue weighted by Crippen LogP contribution is -2.46. The minimum absolute atomic E-state index is 0.00344. The molecule has 0 aliphatic carbocycles. The van der Waals surface area contributed by atoms with Crippen LogP contribution in [0.2, 0.25) is 30.1 Å². The highest BCUT2D eigenvalue weighted by atomic mass is 35.5. The number of nitrogens with zero attached hydrogens (tertiary/aromatic N) is 7. The highest BCUT2D eigenvalue weighted by Crippen LogP contribution is 2.40. The molecule has 0 atom stereocenters. The van der Waals surface area contributed by atoms with E-state index in [4.69, 9.17) is 95.2 Å². The van der Waals surface area contributed by atoms with Gasteiger partial charge in [0.2, 0.25) is 17.7 Å². The van der Waals surface area contributed by atoms with Gasteiger partial charge in [0, 0.05) is 160 Å². The number of hydrogen-bond acceptors (Lipinski definition) is 16. The molecule has 27 nitrogen and oxygen atoms in total. The molecule has 35 heteroatoms. The quantitative estimate of drug-likeness (QED) is 0.0246. The lowest BCUT2D eigenvalue weighted by atomic mass is 9.82. The van der Waals surface area contributed by atoms with Crippen molar-refractivity contribution in [1.82, 2.24) is 55.6 Å². The normalized spacial score (nSPS) is 13.9. The topological polar surface area (TPSA) is 355 Å². The second-order valence-electron chi connectivity index (χ2n) is 36.1. The van der Waals surface area contributed by atoms with Crippen molar-refractivity contribution in [2.75, 3.05) is 52.5 Å². The average Bonchev–Trinajstić information content (AvgIpc) is 1.68. The van der Waals surface area contributed by atoms with E-state index in [1.807, 2.05) is 162 Å². The van der Waals surface area contributed by atoms with Crippen molar-refractivity contribution in [1.29, 1.82) is 0 Å². The van der Waals surface area contributed by atoms with Gasteiger partial charge in [-0.3, -0.25) is 68.8 Å². The van der Waals surface area contributed by atoms with Crippen LogP contribution in [-0.4, -0.2) is 171 Å². The van der Waals surface area contributed by atoms with Crippen LogP contribution in [0, 0.1) is 11.6 Å². The Morgan fingerprint density at radius 3 is 1.19 bits per heavy atom. The van der Waals surface area contributed by atoms with Gasteiger partial charge >= 0.3 is 0 Å². The summed E-state index contributed by atoms with van der Waals surface area (Å²) in [6.07, 6.45) is 3.88. The van der Waals surface area contributed by atoms with Crippen molar-refractivity contribution in [3.63, 3.8) is 0 Å². The Hall–Kier alpha value is -12.6. The zero-order chi connectivity index (χ0) is 101. The Morgan fingerprint density at radius 1 is 0.371 bits per heavy atom. The van der Waals surface area contributed by atoms with Gasteiger partial charge < -0.3 is 43.5 Å². The number of para-hydroxylation sites is 2. The number of aromatic nitrogens is 2. The van der Waals surface area contributed by atoms with Gasteiger partial charge in [0.05, 0.1) is 32.9 Å². The molecule has 0 fully saturated rings. The fraction of sp³-hybridized carbons (Fsp3) is 0.295. The van der Waals surface area contributed by atoms with Crippen molar-refractivity contribution in [2.45, 2.75) is 136 Å². The second kappa shape index (κ2) is 44.9. The van der Waals surface area contributed by atoms with E-state index < -0.39 is 58.1 Å². The van der Waals surface area contributed by atoms with Crippen LogP contribution in [0.15, 0.2) is 188 Å². The third-order valence-corrected chi connectivity index (χ3v) is 28.2. The maximum atomic E-state index is 14.5. The first-order valence-corrected chi connectivity index (χ1v) is 47.4. The molecule has 0 saturated carbocycles.